The van der Waals surface area contributed by atoms with E-state index in [0.29, 0.717) is 19.6 Å². The van der Waals surface area contributed by atoms with E-state index in [-0.39, 0.29) is 12.3 Å². The van der Waals surface area contributed by atoms with Crippen molar-refractivity contribution in [3.8, 4) is 0 Å². The molecule has 0 aliphatic heterocycles. The lowest BCUT2D eigenvalue weighted by atomic mass is 10.3. The summed E-state index contributed by atoms with van der Waals surface area (Å²) in [5.74, 6) is -0.318. The molecule has 0 aromatic heterocycles. The first kappa shape index (κ1) is 13.4. The molecule has 0 bridgehead atoms. The van der Waals surface area contributed by atoms with Crippen LogP contribution in [0.4, 0.5) is 0 Å². The fraction of sp³-hybridized carbons (Fsp3) is 0.900. The normalized spacial score (nSPS) is 14.9. The zero-order valence-electron chi connectivity index (χ0n) is 9.41. The Balaban J connectivity index is 3.94. The molecule has 0 rings (SSSR count). The maximum atomic E-state index is 11.3. The summed E-state index contributed by atoms with van der Waals surface area (Å²) in [5.41, 5.74) is 0. The lowest BCUT2D eigenvalue weighted by Gasteiger charge is -2.19. The Kier molecular flexibility index (Phi) is 7.42. The van der Waals surface area contributed by atoms with Crippen LogP contribution in [0.3, 0.4) is 0 Å². The van der Waals surface area contributed by atoms with Gasteiger partial charge in [0.25, 0.3) is 0 Å². The van der Waals surface area contributed by atoms with Gasteiger partial charge in [-0.15, -0.1) is 0 Å². The van der Waals surface area contributed by atoms with Crippen molar-refractivity contribution in [1.82, 2.24) is 0 Å². The Hall–Kier alpha value is -0.610. The SMILES string of the molecule is CCOC(=O)C(CC)OC(C)OCC. The molecule has 2 atom stereocenters. The second-order valence-corrected chi connectivity index (χ2v) is 2.81. The lowest BCUT2D eigenvalue weighted by molar-refractivity contribution is -0.187. The summed E-state index contributed by atoms with van der Waals surface area (Å²) in [6.07, 6.45) is -0.290. The molecule has 0 spiro atoms. The van der Waals surface area contributed by atoms with E-state index in [0.717, 1.165) is 0 Å². The second-order valence-electron chi connectivity index (χ2n) is 2.81. The maximum absolute atomic E-state index is 11.3. The van der Waals surface area contributed by atoms with Gasteiger partial charge in [-0.1, -0.05) is 6.92 Å². The third-order valence-corrected chi connectivity index (χ3v) is 1.68. The second kappa shape index (κ2) is 7.76. The van der Waals surface area contributed by atoms with Gasteiger partial charge in [-0.25, -0.2) is 4.79 Å². The van der Waals surface area contributed by atoms with Crippen LogP contribution in [-0.4, -0.2) is 31.6 Å². The Bertz CT molecular complexity index is 158. The Morgan fingerprint density at radius 2 is 1.86 bits per heavy atom. The van der Waals surface area contributed by atoms with Crippen LogP contribution < -0.4 is 0 Å². The summed E-state index contributed by atoms with van der Waals surface area (Å²) in [6, 6.07) is 0. The molecule has 2 unspecified atom stereocenters. The summed E-state index contributed by atoms with van der Waals surface area (Å²) in [6.45, 7) is 8.25. The van der Waals surface area contributed by atoms with E-state index < -0.39 is 6.10 Å². The molecule has 0 aromatic rings. The molecule has 0 fully saturated rings. The van der Waals surface area contributed by atoms with Crippen molar-refractivity contribution >= 4 is 5.97 Å². The van der Waals surface area contributed by atoms with Gasteiger partial charge in [-0.3, -0.25) is 0 Å². The van der Waals surface area contributed by atoms with E-state index in [9.17, 15) is 4.79 Å². The number of hydrogen-bond acceptors (Lipinski definition) is 4. The van der Waals surface area contributed by atoms with E-state index in [1.54, 1.807) is 13.8 Å². The van der Waals surface area contributed by atoms with Gasteiger partial charge in [0.15, 0.2) is 12.4 Å². The van der Waals surface area contributed by atoms with Crippen LogP contribution >= 0.6 is 0 Å². The molecule has 0 aliphatic rings. The van der Waals surface area contributed by atoms with Crippen LogP contribution in [0.5, 0.6) is 0 Å². The predicted molar refractivity (Wildman–Crippen MR) is 52.9 cm³/mol. The minimum atomic E-state index is -0.517. The Labute approximate surface area is 85.5 Å². The van der Waals surface area contributed by atoms with Crippen LogP contribution in [0.25, 0.3) is 0 Å². The fourth-order valence-corrected chi connectivity index (χ4v) is 1.06. The van der Waals surface area contributed by atoms with E-state index in [2.05, 4.69) is 0 Å². The smallest absolute Gasteiger partial charge is 0.335 e. The minimum absolute atomic E-state index is 0.318. The summed E-state index contributed by atoms with van der Waals surface area (Å²) in [5, 5.41) is 0. The largest absolute Gasteiger partial charge is 0.464 e. The van der Waals surface area contributed by atoms with Crippen molar-refractivity contribution in [1.29, 1.82) is 0 Å². The predicted octanol–water partition coefficient (Wildman–Crippen LogP) is 1.73. The zero-order chi connectivity index (χ0) is 11.0. The highest BCUT2D eigenvalue weighted by Gasteiger charge is 2.20. The first-order valence-electron chi connectivity index (χ1n) is 5.09. The van der Waals surface area contributed by atoms with Crippen LogP contribution in [-0.2, 0) is 19.0 Å². The van der Waals surface area contributed by atoms with Gasteiger partial charge in [0, 0.05) is 6.61 Å². The monoisotopic (exact) mass is 204 g/mol. The van der Waals surface area contributed by atoms with Crippen molar-refractivity contribution in [2.24, 2.45) is 0 Å². The molecule has 4 heteroatoms. The quantitative estimate of drug-likeness (QED) is 0.468. The third-order valence-electron chi connectivity index (χ3n) is 1.68. The molecule has 84 valence electrons. The first-order valence-corrected chi connectivity index (χ1v) is 5.09. The molecular weight excluding hydrogens is 184 g/mol. The Morgan fingerprint density at radius 3 is 2.29 bits per heavy atom. The minimum Gasteiger partial charge on any atom is -0.464 e. The van der Waals surface area contributed by atoms with Gasteiger partial charge in [-0.05, 0) is 27.2 Å². The highest BCUT2D eigenvalue weighted by Crippen LogP contribution is 2.06. The average molecular weight is 204 g/mol. The molecular formula is C10H20O4. The van der Waals surface area contributed by atoms with Gasteiger partial charge < -0.3 is 14.2 Å². The highest BCUT2D eigenvalue weighted by atomic mass is 16.7. The van der Waals surface area contributed by atoms with E-state index >= 15 is 0 Å². The lowest BCUT2D eigenvalue weighted by Crippen LogP contribution is -2.30. The molecule has 0 amide bonds. The van der Waals surface area contributed by atoms with Crippen LogP contribution in [0.1, 0.15) is 34.1 Å². The Morgan fingerprint density at radius 1 is 1.21 bits per heavy atom. The van der Waals surface area contributed by atoms with Crippen molar-refractivity contribution in [3.05, 3.63) is 0 Å². The van der Waals surface area contributed by atoms with E-state index in [1.165, 1.54) is 0 Å². The van der Waals surface area contributed by atoms with Crippen molar-refractivity contribution in [3.63, 3.8) is 0 Å². The van der Waals surface area contributed by atoms with Crippen molar-refractivity contribution in [2.45, 2.75) is 46.5 Å². The first-order chi connectivity index (χ1) is 6.65. The molecule has 0 saturated heterocycles. The van der Waals surface area contributed by atoms with Crippen molar-refractivity contribution < 1.29 is 19.0 Å². The zero-order valence-corrected chi connectivity index (χ0v) is 9.41. The number of ether oxygens (including phenoxy) is 3. The van der Waals surface area contributed by atoms with E-state index in [4.69, 9.17) is 14.2 Å². The van der Waals surface area contributed by atoms with Crippen LogP contribution in [0.2, 0.25) is 0 Å². The van der Waals surface area contributed by atoms with Gasteiger partial charge >= 0.3 is 5.97 Å². The standard InChI is InChI=1S/C10H20O4/c1-5-9(10(11)13-7-3)14-8(4)12-6-2/h8-9H,5-7H2,1-4H3. The highest BCUT2D eigenvalue weighted by molar-refractivity contribution is 5.74. The molecule has 0 radical (unpaired) electrons. The molecule has 0 saturated carbocycles. The van der Waals surface area contributed by atoms with Gasteiger partial charge in [0.1, 0.15) is 0 Å². The average Bonchev–Trinajstić information content (AvgIpc) is 2.15. The molecule has 0 aliphatic carbocycles. The summed E-state index contributed by atoms with van der Waals surface area (Å²) in [7, 11) is 0. The maximum Gasteiger partial charge on any atom is 0.335 e. The molecule has 4 nitrogen and oxygen atoms in total. The summed E-state index contributed by atoms with van der Waals surface area (Å²) < 4.78 is 15.4. The number of rotatable bonds is 7. The number of carbonyl (C=O) groups is 1. The third kappa shape index (κ3) is 5.19. The van der Waals surface area contributed by atoms with Gasteiger partial charge in [0.2, 0.25) is 0 Å². The van der Waals surface area contributed by atoms with Gasteiger partial charge in [0.05, 0.1) is 6.61 Å². The number of esters is 1. The topological polar surface area (TPSA) is 44.8 Å². The summed E-state index contributed by atoms with van der Waals surface area (Å²) in [4.78, 5) is 11.3. The van der Waals surface area contributed by atoms with Crippen molar-refractivity contribution in [2.75, 3.05) is 13.2 Å². The molecule has 14 heavy (non-hydrogen) atoms. The van der Waals surface area contributed by atoms with Crippen LogP contribution in [0, 0.1) is 0 Å². The number of hydrogen-bond donors (Lipinski definition) is 0. The number of carbonyl (C=O) groups excluding carboxylic acids is 1. The fourth-order valence-electron chi connectivity index (χ4n) is 1.06. The van der Waals surface area contributed by atoms with Gasteiger partial charge in [-0.2, -0.15) is 0 Å². The molecule has 0 N–H and O–H groups in total. The van der Waals surface area contributed by atoms with E-state index in [1.807, 2.05) is 13.8 Å². The summed E-state index contributed by atoms with van der Waals surface area (Å²) >= 11 is 0. The molecule has 0 heterocycles. The van der Waals surface area contributed by atoms with Crippen LogP contribution in [0.15, 0.2) is 0 Å². The molecule has 0 aromatic carbocycles.